The Kier molecular flexibility index (Phi) is 6.75. The second-order valence-electron chi connectivity index (χ2n) is 6.36. The highest BCUT2D eigenvalue weighted by atomic mass is 19.4. The van der Waals surface area contributed by atoms with Crippen LogP contribution in [-0.2, 0) is 6.18 Å². The summed E-state index contributed by atoms with van der Waals surface area (Å²) in [6, 6.07) is 6.71. The van der Waals surface area contributed by atoms with E-state index in [-0.39, 0.29) is 17.3 Å². The molecule has 0 radical (unpaired) electrons. The fraction of sp³-hybridized carbons (Fsp3) is 0.0952. The summed E-state index contributed by atoms with van der Waals surface area (Å²) in [4.78, 5) is 28.0. The van der Waals surface area contributed by atoms with Crippen molar-refractivity contribution in [2.45, 2.75) is 6.18 Å². The molecule has 7 nitrogen and oxygen atoms in total. The third-order valence-electron chi connectivity index (χ3n) is 4.12. The molecule has 0 aliphatic carbocycles. The molecule has 2 aromatic carbocycles. The van der Waals surface area contributed by atoms with Gasteiger partial charge in [-0.1, -0.05) is 6.07 Å². The van der Waals surface area contributed by atoms with Crippen molar-refractivity contribution in [1.29, 1.82) is 0 Å². The highest BCUT2D eigenvalue weighted by molar-refractivity contribution is 6.09. The number of pyridine rings is 1. The lowest BCUT2D eigenvalue weighted by molar-refractivity contribution is -0.137. The van der Waals surface area contributed by atoms with Crippen molar-refractivity contribution in [3.05, 3.63) is 77.5 Å². The predicted octanol–water partition coefficient (Wildman–Crippen LogP) is 5.14. The van der Waals surface area contributed by atoms with Crippen LogP contribution in [0.2, 0.25) is 0 Å². The van der Waals surface area contributed by atoms with Gasteiger partial charge in [0.2, 0.25) is 5.88 Å². The zero-order valence-corrected chi connectivity index (χ0v) is 16.7. The van der Waals surface area contributed by atoms with Gasteiger partial charge in [0.05, 0.1) is 24.6 Å². The van der Waals surface area contributed by atoms with Gasteiger partial charge in [0.1, 0.15) is 17.1 Å². The van der Waals surface area contributed by atoms with E-state index >= 15 is 0 Å². The summed E-state index contributed by atoms with van der Waals surface area (Å²) < 4.78 is 76.0. The van der Waals surface area contributed by atoms with E-state index in [1.54, 1.807) is 0 Å². The molecule has 1 heterocycles. The van der Waals surface area contributed by atoms with E-state index in [1.165, 1.54) is 25.3 Å². The number of rotatable bonds is 5. The number of nitrogens with one attached hydrogen (secondary N) is 2. The minimum absolute atomic E-state index is 0.0534. The van der Waals surface area contributed by atoms with E-state index in [4.69, 9.17) is 9.47 Å². The van der Waals surface area contributed by atoms with Crippen molar-refractivity contribution in [3.8, 4) is 17.4 Å². The molecule has 0 spiro atoms. The zero-order chi connectivity index (χ0) is 24.2. The first-order valence-electron chi connectivity index (χ1n) is 9.04. The van der Waals surface area contributed by atoms with Gasteiger partial charge in [-0.2, -0.15) is 13.2 Å². The highest BCUT2D eigenvalue weighted by Gasteiger charge is 2.31. The molecule has 0 atom stereocenters. The van der Waals surface area contributed by atoms with Crippen molar-refractivity contribution in [2.24, 2.45) is 0 Å². The van der Waals surface area contributed by atoms with E-state index in [1.807, 2.05) is 5.32 Å². The number of methoxy groups -OCH3 is 1. The molecule has 12 heteroatoms. The molecule has 0 fully saturated rings. The summed E-state index contributed by atoms with van der Waals surface area (Å²) in [5, 5.41) is 4.17. The second-order valence-corrected chi connectivity index (χ2v) is 6.36. The van der Waals surface area contributed by atoms with Crippen LogP contribution in [0.5, 0.6) is 17.4 Å². The Morgan fingerprint density at radius 2 is 1.73 bits per heavy atom. The maximum Gasteiger partial charge on any atom is 0.416 e. The van der Waals surface area contributed by atoms with Crippen LogP contribution in [0.3, 0.4) is 0 Å². The van der Waals surface area contributed by atoms with Gasteiger partial charge in [-0.15, -0.1) is 0 Å². The SMILES string of the molecule is COc1cccc(F)c1C(=O)NC(=O)Nc1ccc(Oc2cc(C(F)(F)F)ccc2F)nc1. The van der Waals surface area contributed by atoms with Crippen molar-refractivity contribution < 1.29 is 41.0 Å². The number of benzene rings is 2. The summed E-state index contributed by atoms with van der Waals surface area (Å²) in [6.07, 6.45) is -3.64. The van der Waals surface area contributed by atoms with Crippen molar-refractivity contribution in [3.63, 3.8) is 0 Å². The van der Waals surface area contributed by atoms with E-state index in [0.29, 0.717) is 18.2 Å². The number of halogens is 5. The van der Waals surface area contributed by atoms with Crippen molar-refractivity contribution in [2.75, 3.05) is 12.4 Å². The first-order valence-corrected chi connectivity index (χ1v) is 9.04. The number of imide groups is 1. The summed E-state index contributed by atoms with van der Waals surface area (Å²) in [5.74, 6) is -4.02. The molecule has 0 saturated carbocycles. The Bertz CT molecular complexity index is 1180. The molecule has 3 amide bonds. The van der Waals surface area contributed by atoms with E-state index < -0.39 is 46.6 Å². The maximum atomic E-state index is 13.9. The van der Waals surface area contributed by atoms with Gasteiger partial charge in [-0.25, -0.2) is 18.6 Å². The van der Waals surface area contributed by atoms with Crippen LogP contribution in [0.15, 0.2) is 54.7 Å². The summed E-state index contributed by atoms with van der Waals surface area (Å²) in [5.41, 5.74) is -1.53. The number of anilines is 1. The average Bonchev–Trinajstić information content (AvgIpc) is 2.75. The van der Waals surface area contributed by atoms with Crippen LogP contribution in [0.4, 0.5) is 32.4 Å². The maximum absolute atomic E-state index is 13.9. The lowest BCUT2D eigenvalue weighted by atomic mass is 10.1. The monoisotopic (exact) mass is 467 g/mol. The second kappa shape index (κ2) is 9.51. The third kappa shape index (κ3) is 5.73. The Morgan fingerprint density at radius 1 is 0.970 bits per heavy atom. The Morgan fingerprint density at radius 3 is 2.36 bits per heavy atom. The third-order valence-corrected chi connectivity index (χ3v) is 4.12. The Hall–Kier alpha value is -4.22. The fourth-order valence-electron chi connectivity index (χ4n) is 2.61. The predicted molar refractivity (Wildman–Crippen MR) is 105 cm³/mol. The van der Waals surface area contributed by atoms with Gasteiger partial charge >= 0.3 is 12.2 Å². The molecule has 172 valence electrons. The first kappa shape index (κ1) is 23.4. The summed E-state index contributed by atoms with van der Waals surface area (Å²) >= 11 is 0. The summed E-state index contributed by atoms with van der Waals surface area (Å²) in [6.45, 7) is 0. The minimum Gasteiger partial charge on any atom is -0.496 e. The molecule has 0 unspecified atom stereocenters. The fourth-order valence-corrected chi connectivity index (χ4v) is 2.61. The first-order chi connectivity index (χ1) is 15.6. The van der Waals surface area contributed by atoms with E-state index in [9.17, 15) is 31.5 Å². The summed E-state index contributed by atoms with van der Waals surface area (Å²) in [7, 11) is 1.23. The number of hydrogen-bond acceptors (Lipinski definition) is 5. The Labute approximate surface area is 183 Å². The normalized spacial score (nSPS) is 11.0. The number of aromatic nitrogens is 1. The van der Waals surface area contributed by atoms with Crippen LogP contribution in [0, 0.1) is 11.6 Å². The molecule has 2 N–H and O–H groups in total. The van der Waals surface area contributed by atoms with Crippen molar-refractivity contribution in [1.82, 2.24) is 10.3 Å². The van der Waals surface area contributed by atoms with Gasteiger partial charge in [-0.05, 0) is 36.4 Å². The van der Waals surface area contributed by atoms with Crippen LogP contribution >= 0.6 is 0 Å². The quantitative estimate of drug-likeness (QED) is 0.507. The number of alkyl halides is 3. The molecule has 0 bridgehead atoms. The van der Waals surface area contributed by atoms with Gasteiger partial charge in [0.25, 0.3) is 5.91 Å². The van der Waals surface area contributed by atoms with Gasteiger partial charge in [0, 0.05) is 6.07 Å². The zero-order valence-electron chi connectivity index (χ0n) is 16.7. The highest BCUT2D eigenvalue weighted by Crippen LogP contribution is 2.34. The molecule has 1 aromatic heterocycles. The largest absolute Gasteiger partial charge is 0.496 e. The number of amides is 3. The molecule has 3 rings (SSSR count). The lowest BCUT2D eigenvalue weighted by Crippen LogP contribution is -2.35. The van der Waals surface area contributed by atoms with Crippen LogP contribution in [-0.4, -0.2) is 24.0 Å². The minimum atomic E-state index is -4.69. The number of ether oxygens (including phenoxy) is 2. The van der Waals surface area contributed by atoms with E-state index in [0.717, 1.165) is 18.3 Å². The molecule has 3 aromatic rings. The molecular formula is C21H14F5N3O4. The van der Waals surface area contributed by atoms with Gasteiger partial charge in [-0.3, -0.25) is 10.1 Å². The van der Waals surface area contributed by atoms with Crippen molar-refractivity contribution >= 4 is 17.6 Å². The van der Waals surface area contributed by atoms with Gasteiger partial charge in [0.15, 0.2) is 11.6 Å². The van der Waals surface area contributed by atoms with Crippen LogP contribution in [0.1, 0.15) is 15.9 Å². The van der Waals surface area contributed by atoms with Crippen LogP contribution in [0.25, 0.3) is 0 Å². The molecular weight excluding hydrogens is 453 g/mol. The molecule has 33 heavy (non-hydrogen) atoms. The number of hydrogen-bond donors (Lipinski definition) is 2. The topological polar surface area (TPSA) is 89.5 Å². The lowest BCUT2D eigenvalue weighted by Gasteiger charge is -2.11. The molecule has 0 aliphatic rings. The number of nitrogens with zero attached hydrogens (tertiary/aromatic N) is 1. The smallest absolute Gasteiger partial charge is 0.416 e. The standard InChI is InChI=1S/C21H14F5N3O4/c1-32-15-4-2-3-14(23)18(15)19(30)29-20(31)28-12-6-8-17(27-10-12)33-16-9-11(21(24,25)26)5-7-13(16)22/h2-10H,1H3,(H2,28,29,30,31). The molecule has 0 aliphatic heterocycles. The Balaban J connectivity index is 1.66. The van der Waals surface area contributed by atoms with E-state index in [2.05, 4.69) is 10.3 Å². The molecule has 0 saturated heterocycles. The number of carbonyl (C=O) groups is 2. The van der Waals surface area contributed by atoms with Crippen LogP contribution < -0.4 is 20.1 Å². The number of carbonyl (C=O) groups excluding carboxylic acids is 2. The average molecular weight is 467 g/mol. The van der Waals surface area contributed by atoms with Gasteiger partial charge < -0.3 is 14.8 Å². The number of urea groups is 1.